The lowest BCUT2D eigenvalue weighted by molar-refractivity contribution is -0.143. The molecule has 3 N–H and O–H groups in total. The van der Waals surface area contributed by atoms with Gasteiger partial charge in [-0.25, -0.2) is 29.7 Å². The first kappa shape index (κ1) is 77.8. The summed E-state index contributed by atoms with van der Waals surface area (Å²) >= 11 is 0. The molecule has 0 aromatic carbocycles. The van der Waals surface area contributed by atoms with E-state index in [2.05, 4.69) is 74.9 Å². The van der Waals surface area contributed by atoms with Gasteiger partial charge in [0.15, 0.2) is 0 Å². The maximum Gasteiger partial charge on any atom is 0.416 e. The Morgan fingerprint density at radius 3 is 1.60 bits per heavy atom. The monoisotopic (exact) mass is 1320 g/mol. The Bertz CT molecular complexity index is 3010. The number of hydrogen-bond acceptors (Lipinski definition) is 19. The van der Waals surface area contributed by atoms with E-state index in [0.717, 1.165) is 131 Å². The molecule has 4 aromatic rings. The lowest BCUT2D eigenvalue weighted by atomic mass is 9.92. The molecule has 0 saturated heterocycles. The molecule has 0 saturated carbocycles. The quantitative estimate of drug-likeness (QED) is 0.0122. The Morgan fingerprint density at radius 2 is 1.08 bits per heavy atom. The molecule has 2 aliphatic rings. The van der Waals surface area contributed by atoms with Crippen molar-refractivity contribution in [2.24, 2.45) is 10.2 Å². The molecule has 0 bridgehead atoms. The first-order chi connectivity index (χ1) is 46.1. The van der Waals surface area contributed by atoms with Gasteiger partial charge in [-0.3, -0.25) is 29.1 Å². The summed E-state index contributed by atoms with van der Waals surface area (Å²) in [5.41, 5.74) is 23.5. The van der Waals surface area contributed by atoms with Gasteiger partial charge in [0.05, 0.1) is 72.3 Å². The first-order valence-corrected chi connectivity index (χ1v) is 34.0. The van der Waals surface area contributed by atoms with Crippen LogP contribution in [0.2, 0.25) is 0 Å². The third kappa shape index (κ3) is 33.3. The van der Waals surface area contributed by atoms with E-state index in [4.69, 9.17) is 49.5 Å². The number of esters is 1. The molecule has 27 nitrogen and oxygen atoms in total. The minimum absolute atomic E-state index is 0.0497. The number of carboxylic acids is 1. The van der Waals surface area contributed by atoms with Crippen molar-refractivity contribution in [2.45, 2.75) is 199 Å². The van der Waals surface area contributed by atoms with E-state index in [9.17, 15) is 29.1 Å². The SMILES string of the molecule is CCOC(=O)C[C@H](CCCCCCc1ccc2c(n1)N(C(=O)OC(C)(C)C)CCC2)c1cnc(CCC(=O)NCCOCCOCCN=[N+]=[N-])nc1.[N-]=[N+]=NCCOCCOCCNC(=O)CCc1ncc([C@@H](CCCCCCc2ccc3c(n2)CCCC3)CC(=O)O)cn1. The minimum atomic E-state index is -0.828. The molecular formula is C68H101N15O12. The zero-order valence-electron chi connectivity index (χ0n) is 56.4. The summed E-state index contributed by atoms with van der Waals surface area (Å²) in [5.74, 6) is 0.339. The third-order valence-corrected chi connectivity index (χ3v) is 15.8. The summed E-state index contributed by atoms with van der Waals surface area (Å²) in [7, 11) is 0. The highest BCUT2D eigenvalue weighted by Crippen LogP contribution is 2.30. The van der Waals surface area contributed by atoms with Crippen LogP contribution in [0.15, 0.2) is 59.3 Å². The lowest BCUT2D eigenvalue weighted by Crippen LogP contribution is -2.40. The van der Waals surface area contributed by atoms with Gasteiger partial charge >= 0.3 is 18.0 Å². The van der Waals surface area contributed by atoms with E-state index in [0.29, 0.717) is 104 Å². The molecule has 1 aliphatic carbocycles. The normalized spacial score (nSPS) is 13.1. The number of anilines is 1. The first-order valence-electron chi connectivity index (χ1n) is 34.0. The van der Waals surface area contributed by atoms with Gasteiger partial charge in [-0.15, -0.1) is 0 Å². The summed E-state index contributed by atoms with van der Waals surface area (Å²) < 4.78 is 32.2. The fraction of sp³-hybridized carbons (Fsp3) is 0.662. The topological polar surface area (TPSA) is 363 Å². The van der Waals surface area contributed by atoms with Crippen molar-refractivity contribution in [2.75, 3.05) is 97.1 Å². The van der Waals surface area contributed by atoms with Gasteiger partial charge in [-0.2, -0.15) is 0 Å². The largest absolute Gasteiger partial charge is 0.481 e. The van der Waals surface area contributed by atoms with Gasteiger partial charge in [-0.1, -0.05) is 60.9 Å². The fourth-order valence-electron chi connectivity index (χ4n) is 10.9. The second kappa shape index (κ2) is 46.2. The van der Waals surface area contributed by atoms with Crippen LogP contribution in [0.25, 0.3) is 20.9 Å². The van der Waals surface area contributed by atoms with Crippen LogP contribution in [0.3, 0.4) is 0 Å². The van der Waals surface area contributed by atoms with Crippen molar-refractivity contribution >= 4 is 35.7 Å². The summed E-state index contributed by atoms with van der Waals surface area (Å²) in [6.45, 7) is 12.7. The average Bonchev–Trinajstić information content (AvgIpc) is 0.827. The number of carbonyl (C=O) groups excluding carboxylic acids is 4. The van der Waals surface area contributed by atoms with Crippen molar-refractivity contribution in [3.8, 4) is 0 Å². The number of rotatable bonds is 45. The summed E-state index contributed by atoms with van der Waals surface area (Å²) in [6.07, 6.45) is 26.2. The molecule has 0 spiro atoms. The van der Waals surface area contributed by atoms with Crippen molar-refractivity contribution in [1.82, 2.24) is 40.5 Å². The highest BCUT2D eigenvalue weighted by atomic mass is 16.6. The summed E-state index contributed by atoms with van der Waals surface area (Å²) in [5, 5.41) is 21.8. The molecule has 520 valence electrons. The Hall–Kier alpha value is -7.93. The molecule has 27 heteroatoms. The van der Waals surface area contributed by atoms with Crippen molar-refractivity contribution in [1.29, 1.82) is 0 Å². The van der Waals surface area contributed by atoms with Crippen LogP contribution < -0.4 is 15.5 Å². The number of carbonyl (C=O) groups is 5. The number of nitrogens with zero attached hydrogens (tertiary/aromatic N) is 13. The highest BCUT2D eigenvalue weighted by Gasteiger charge is 2.29. The molecule has 1 aliphatic heterocycles. The molecule has 3 amide bonds. The summed E-state index contributed by atoms with van der Waals surface area (Å²) in [6, 6.07) is 8.59. The van der Waals surface area contributed by atoms with E-state index >= 15 is 0 Å². The maximum atomic E-state index is 12.8. The summed E-state index contributed by atoms with van der Waals surface area (Å²) in [4.78, 5) is 95.6. The third-order valence-electron chi connectivity index (χ3n) is 15.8. The Balaban J connectivity index is 0.000000350. The van der Waals surface area contributed by atoms with Crippen LogP contribution in [0.1, 0.15) is 200 Å². The van der Waals surface area contributed by atoms with E-state index in [1.165, 1.54) is 29.8 Å². The molecule has 95 heavy (non-hydrogen) atoms. The molecule has 0 unspecified atom stereocenters. The Labute approximate surface area is 559 Å². The van der Waals surface area contributed by atoms with Crippen LogP contribution >= 0.6 is 0 Å². The number of aryl methyl sites for hydroxylation is 7. The molecule has 0 radical (unpaired) electrons. The molecule has 5 heterocycles. The van der Waals surface area contributed by atoms with Gasteiger partial charge in [0, 0.05) is 110 Å². The number of ether oxygens (including phenoxy) is 6. The van der Waals surface area contributed by atoms with Crippen LogP contribution in [0, 0.1) is 0 Å². The average molecular weight is 1320 g/mol. The number of azide groups is 2. The standard InChI is InChI=1S/C37H56N8O7.C31H45N7O5/c1-5-51-34(47)25-29(30-26-40-32(41-27-30)16-17-33(46)39-18-21-49-23-24-50-22-19-42-44-38)11-8-6-7-9-13-31-15-14-28-12-10-20-45(35(28)43-31)36(48)52-37(2,3)4;32-38-36-16-18-43-20-19-42-17-15-33-30(39)14-13-29-34-22-26(23-35-29)25(21-31(40)41)8-3-1-2-4-9-27-12-11-24-7-5-6-10-28(24)37-27/h14-15,26-27,29H,5-13,16-25H2,1-4H3,(H,39,46);11-12,22-23,25H,1-10,13-21H2,(H,33,39)(H,40,41)/t29-;25-/m00/s1. The maximum absolute atomic E-state index is 12.8. The zero-order chi connectivity index (χ0) is 68.1. The van der Waals surface area contributed by atoms with Crippen LogP contribution in [-0.4, -0.2) is 163 Å². The van der Waals surface area contributed by atoms with E-state index in [1.807, 2.05) is 20.8 Å². The predicted octanol–water partition coefficient (Wildman–Crippen LogP) is 11.1. The van der Waals surface area contributed by atoms with Crippen molar-refractivity contribution in [3.63, 3.8) is 0 Å². The minimum Gasteiger partial charge on any atom is -0.481 e. The molecule has 0 fully saturated rings. The van der Waals surface area contributed by atoms with Gasteiger partial charge in [0.25, 0.3) is 0 Å². The van der Waals surface area contributed by atoms with Gasteiger partial charge in [-0.05, 0) is 162 Å². The van der Waals surface area contributed by atoms with Crippen LogP contribution in [0.4, 0.5) is 10.6 Å². The van der Waals surface area contributed by atoms with Gasteiger partial charge in [0.1, 0.15) is 23.1 Å². The van der Waals surface area contributed by atoms with E-state index in [-0.39, 0.29) is 74.5 Å². The van der Waals surface area contributed by atoms with Crippen molar-refractivity contribution < 1.29 is 57.5 Å². The second-order valence-corrected chi connectivity index (χ2v) is 24.5. The van der Waals surface area contributed by atoms with E-state index < -0.39 is 11.6 Å². The zero-order valence-corrected chi connectivity index (χ0v) is 56.4. The Morgan fingerprint density at radius 1 is 0.600 bits per heavy atom. The number of fused-ring (bicyclic) bond motifs is 2. The Kier molecular flexibility index (Phi) is 37.8. The van der Waals surface area contributed by atoms with Gasteiger partial charge < -0.3 is 44.2 Å². The number of nitrogens with one attached hydrogen (secondary N) is 2. The van der Waals surface area contributed by atoms with Crippen LogP contribution in [-0.2, 0) is 92.5 Å². The number of carboxylic acid groups (broad SMARTS) is 1. The molecule has 2 atom stereocenters. The number of aromatic nitrogens is 6. The second-order valence-electron chi connectivity index (χ2n) is 24.5. The van der Waals surface area contributed by atoms with E-state index in [1.54, 1.807) is 36.6 Å². The van der Waals surface area contributed by atoms with Gasteiger partial charge in [0.2, 0.25) is 11.8 Å². The van der Waals surface area contributed by atoms with Crippen LogP contribution in [0.5, 0.6) is 0 Å². The number of aliphatic carboxylic acids is 1. The highest BCUT2D eigenvalue weighted by molar-refractivity contribution is 5.88. The van der Waals surface area contributed by atoms with Crippen molar-refractivity contribution in [3.05, 3.63) is 121 Å². The number of unbranched alkanes of at least 4 members (excludes halogenated alkanes) is 6. The predicted molar refractivity (Wildman–Crippen MR) is 358 cm³/mol. The lowest BCUT2D eigenvalue weighted by Gasteiger charge is -2.31. The smallest absolute Gasteiger partial charge is 0.416 e. The molecule has 4 aromatic heterocycles. The fourth-order valence-corrected chi connectivity index (χ4v) is 10.9. The number of pyridine rings is 2. The molecule has 6 rings (SSSR count). The molecular weight excluding hydrogens is 1220 g/mol. The number of amides is 3. The number of hydrogen-bond donors (Lipinski definition) is 3.